The standard InChI is InChI=1S/C27H36ClF3O9/c1-3-15-6-14-7-17(9-18(28)8-14)26(15)27(40-39-26,36-12-25(29,30)31)16-5-4-13(2)19(10-16)37-24-23(35)22(34)21(33)20(11-32)38-24/h4-5,10,14-15,17-18,20-24,32-35H,3,6-9,11-12H2,1-2H3/t14?,15?,17?,18?,20-,21-,22+,23-,24-,26?,27?/m1/s1. The molecule has 0 aromatic heterocycles. The Bertz CT molecular complexity index is 1060. The van der Waals surface area contributed by atoms with Crippen LogP contribution in [0.5, 0.6) is 5.75 Å². The van der Waals surface area contributed by atoms with Gasteiger partial charge in [0.1, 0.15) is 36.8 Å². The molecule has 0 radical (unpaired) electrons. The van der Waals surface area contributed by atoms with Crippen molar-refractivity contribution in [3.63, 3.8) is 0 Å². The fourth-order valence-electron chi connectivity index (χ4n) is 7.07. The largest absolute Gasteiger partial charge is 0.462 e. The van der Waals surface area contributed by atoms with Crippen LogP contribution in [0.3, 0.4) is 0 Å². The van der Waals surface area contributed by atoms with Gasteiger partial charge in [0.25, 0.3) is 5.79 Å². The number of hydrogen-bond acceptors (Lipinski definition) is 9. The Labute approximate surface area is 235 Å². The lowest BCUT2D eigenvalue weighted by Crippen LogP contribution is -2.75. The van der Waals surface area contributed by atoms with Crippen molar-refractivity contribution in [3.05, 3.63) is 29.3 Å². The van der Waals surface area contributed by atoms with Gasteiger partial charge in [-0.25, -0.2) is 4.89 Å². The third kappa shape index (κ3) is 5.03. The van der Waals surface area contributed by atoms with E-state index in [1.807, 2.05) is 6.92 Å². The van der Waals surface area contributed by atoms with Gasteiger partial charge in [-0.2, -0.15) is 18.1 Å². The number of halogens is 4. The molecule has 1 aromatic rings. The number of hydrogen-bond donors (Lipinski definition) is 4. The molecule has 1 aromatic carbocycles. The molecule has 2 aliphatic carbocycles. The summed E-state index contributed by atoms with van der Waals surface area (Å²) in [6.07, 6.45) is -8.82. The number of aliphatic hydroxyl groups is 4. The van der Waals surface area contributed by atoms with Crippen molar-refractivity contribution >= 4 is 11.6 Å². The van der Waals surface area contributed by atoms with Gasteiger partial charge in [-0.3, -0.25) is 0 Å². The molecule has 2 saturated heterocycles. The summed E-state index contributed by atoms with van der Waals surface area (Å²) in [6.45, 7) is 1.42. The van der Waals surface area contributed by atoms with Crippen LogP contribution in [0.2, 0.25) is 0 Å². The van der Waals surface area contributed by atoms with E-state index in [-0.39, 0.29) is 28.5 Å². The summed E-state index contributed by atoms with van der Waals surface area (Å²) in [6, 6.07) is 4.66. The molecule has 6 unspecified atom stereocenters. The molecule has 2 heterocycles. The monoisotopic (exact) mass is 596 g/mol. The van der Waals surface area contributed by atoms with Crippen molar-refractivity contribution in [2.45, 2.75) is 99.6 Å². The van der Waals surface area contributed by atoms with Crippen molar-refractivity contribution in [1.82, 2.24) is 0 Å². The minimum absolute atomic E-state index is 0.114. The quantitative estimate of drug-likeness (QED) is 0.277. The molecule has 4 fully saturated rings. The maximum Gasteiger partial charge on any atom is 0.411 e. The first-order valence-corrected chi connectivity index (χ1v) is 14.1. The predicted octanol–water partition coefficient (Wildman–Crippen LogP) is 3.06. The van der Waals surface area contributed by atoms with E-state index in [1.165, 1.54) is 6.07 Å². The molecule has 1 spiro atoms. The molecular formula is C27H36ClF3O9. The second kappa shape index (κ2) is 11.1. The van der Waals surface area contributed by atoms with Gasteiger partial charge in [-0.1, -0.05) is 25.5 Å². The van der Waals surface area contributed by atoms with E-state index in [0.29, 0.717) is 30.7 Å². The van der Waals surface area contributed by atoms with E-state index < -0.39 is 61.5 Å². The summed E-state index contributed by atoms with van der Waals surface area (Å²) in [5.41, 5.74) is -0.468. The van der Waals surface area contributed by atoms with Gasteiger partial charge in [-0.15, -0.1) is 11.6 Å². The summed E-state index contributed by atoms with van der Waals surface area (Å²) >= 11 is 6.59. The van der Waals surface area contributed by atoms with Crippen molar-refractivity contribution in [2.75, 3.05) is 13.2 Å². The van der Waals surface area contributed by atoms with Crippen molar-refractivity contribution in [1.29, 1.82) is 0 Å². The minimum Gasteiger partial charge on any atom is -0.462 e. The number of alkyl halides is 4. The smallest absolute Gasteiger partial charge is 0.411 e. The molecule has 4 N–H and O–H groups in total. The molecule has 2 aliphatic heterocycles. The van der Waals surface area contributed by atoms with Crippen LogP contribution in [0.4, 0.5) is 13.2 Å². The van der Waals surface area contributed by atoms with Crippen LogP contribution in [0, 0.1) is 24.7 Å². The number of aliphatic hydroxyl groups excluding tert-OH is 4. The van der Waals surface area contributed by atoms with Crippen LogP contribution in [0.15, 0.2) is 18.2 Å². The van der Waals surface area contributed by atoms with E-state index in [2.05, 4.69) is 0 Å². The molecule has 13 heteroatoms. The van der Waals surface area contributed by atoms with E-state index in [1.54, 1.807) is 19.1 Å². The van der Waals surface area contributed by atoms with Crippen molar-refractivity contribution in [2.24, 2.45) is 17.8 Å². The lowest BCUT2D eigenvalue weighted by Gasteiger charge is -2.65. The van der Waals surface area contributed by atoms with Gasteiger partial charge in [0, 0.05) is 10.9 Å². The summed E-state index contributed by atoms with van der Waals surface area (Å²) in [7, 11) is 0. The first kappa shape index (κ1) is 30.2. The highest BCUT2D eigenvalue weighted by Gasteiger charge is 2.75. The highest BCUT2D eigenvalue weighted by atomic mass is 35.5. The average molecular weight is 597 g/mol. The number of ether oxygens (including phenoxy) is 3. The molecule has 9 nitrogen and oxygen atoms in total. The highest BCUT2D eigenvalue weighted by molar-refractivity contribution is 6.20. The minimum atomic E-state index is -4.64. The Kier molecular flexibility index (Phi) is 8.41. The summed E-state index contributed by atoms with van der Waals surface area (Å²) in [4.78, 5) is 11.5. The third-order valence-electron chi connectivity index (χ3n) is 8.98. The zero-order chi connectivity index (χ0) is 29.0. The van der Waals surface area contributed by atoms with Crippen LogP contribution in [-0.2, 0) is 25.0 Å². The van der Waals surface area contributed by atoms with Crippen LogP contribution < -0.4 is 4.74 Å². The van der Waals surface area contributed by atoms with E-state index in [4.69, 9.17) is 35.6 Å². The number of fused-ring (bicyclic) bond motifs is 3. The van der Waals surface area contributed by atoms with Gasteiger partial charge < -0.3 is 34.6 Å². The molecule has 40 heavy (non-hydrogen) atoms. The van der Waals surface area contributed by atoms with Crippen LogP contribution in [-0.4, -0.2) is 81.5 Å². The topological polar surface area (TPSA) is 127 Å². The number of aryl methyl sites for hydroxylation is 1. The van der Waals surface area contributed by atoms with Crippen molar-refractivity contribution < 1.29 is 57.6 Å². The molecule has 11 atom stereocenters. The molecule has 0 amide bonds. The summed E-state index contributed by atoms with van der Waals surface area (Å²) in [5, 5.41) is 40.1. The van der Waals surface area contributed by atoms with Gasteiger partial charge >= 0.3 is 6.18 Å². The number of rotatable bonds is 7. The number of benzene rings is 1. The summed E-state index contributed by atoms with van der Waals surface area (Å²) in [5.74, 6) is -1.87. The van der Waals surface area contributed by atoms with Crippen LogP contribution in [0.1, 0.15) is 50.2 Å². The molecular weight excluding hydrogens is 561 g/mol. The fraction of sp³-hybridized carbons (Fsp3) is 0.778. The van der Waals surface area contributed by atoms with Gasteiger partial charge in [0.15, 0.2) is 5.60 Å². The zero-order valence-corrected chi connectivity index (χ0v) is 23.0. The lowest BCUT2D eigenvalue weighted by atomic mass is 9.54. The van der Waals surface area contributed by atoms with E-state index in [9.17, 15) is 33.6 Å². The van der Waals surface area contributed by atoms with Gasteiger partial charge in [0.2, 0.25) is 6.29 Å². The summed E-state index contributed by atoms with van der Waals surface area (Å²) < 4.78 is 57.7. The SMILES string of the molecule is CCC1CC2CC(Cl)CC(C2)C12OOC2(OCC(F)(F)F)c1ccc(C)c(O[C@@H]2O[C@H](CO)[C@@H](O)[C@H](O)[C@H]2O)c1. The molecule has 226 valence electrons. The first-order valence-electron chi connectivity index (χ1n) is 13.6. The van der Waals surface area contributed by atoms with E-state index in [0.717, 1.165) is 12.8 Å². The maximum atomic E-state index is 13.6. The Balaban J connectivity index is 1.54. The fourth-order valence-corrected chi connectivity index (χ4v) is 7.54. The second-order valence-electron chi connectivity index (χ2n) is 11.5. The Morgan fingerprint density at radius 1 is 1.05 bits per heavy atom. The van der Waals surface area contributed by atoms with Gasteiger partial charge in [-0.05, 0) is 62.0 Å². The second-order valence-corrected chi connectivity index (χ2v) is 12.1. The van der Waals surface area contributed by atoms with Gasteiger partial charge in [0.05, 0.1) is 6.61 Å². The third-order valence-corrected chi connectivity index (χ3v) is 9.34. The predicted molar refractivity (Wildman–Crippen MR) is 133 cm³/mol. The Morgan fingerprint density at radius 3 is 2.42 bits per heavy atom. The molecule has 4 aliphatic rings. The van der Waals surface area contributed by atoms with Crippen molar-refractivity contribution in [3.8, 4) is 5.75 Å². The lowest BCUT2D eigenvalue weighted by molar-refractivity contribution is -0.646. The maximum absolute atomic E-state index is 13.6. The Hall–Kier alpha value is -1.22. The van der Waals surface area contributed by atoms with Crippen LogP contribution in [0.25, 0.3) is 0 Å². The first-order chi connectivity index (χ1) is 18.8. The molecule has 2 bridgehead atoms. The molecule has 2 saturated carbocycles. The van der Waals surface area contributed by atoms with Crippen LogP contribution >= 0.6 is 11.6 Å². The highest BCUT2D eigenvalue weighted by Crippen LogP contribution is 2.65. The Morgan fingerprint density at radius 2 is 1.80 bits per heavy atom. The van der Waals surface area contributed by atoms with E-state index >= 15 is 0 Å². The average Bonchev–Trinajstić information content (AvgIpc) is 2.88. The zero-order valence-electron chi connectivity index (χ0n) is 22.2. The normalized spacial score (nSPS) is 43.4. The molecule has 5 rings (SSSR count).